The normalized spacial score (nSPS) is 10.2. The highest BCUT2D eigenvalue weighted by Gasteiger charge is 2.19. The van der Waals surface area contributed by atoms with E-state index >= 15 is 0 Å². The number of benzene rings is 2. The van der Waals surface area contributed by atoms with Gasteiger partial charge in [0.25, 0.3) is 5.91 Å². The third kappa shape index (κ3) is 5.54. The number of nitrogens with one attached hydrogen (secondary N) is 2. The molecule has 28 heavy (non-hydrogen) atoms. The minimum Gasteiger partial charge on any atom is -0.493 e. The van der Waals surface area contributed by atoms with Crippen molar-refractivity contribution in [3.63, 3.8) is 0 Å². The maximum atomic E-state index is 13.0. The lowest BCUT2D eigenvalue weighted by atomic mass is 10.1. The lowest BCUT2D eigenvalue weighted by molar-refractivity contribution is -0.114. The summed E-state index contributed by atoms with van der Waals surface area (Å²) in [5.74, 6) is -2.62. The van der Waals surface area contributed by atoms with Gasteiger partial charge in [-0.05, 0) is 36.8 Å². The molecule has 0 heterocycles. The Morgan fingerprint density at radius 2 is 1.71 bits per heavy atom. The number of hydrogen-bond donors (Lipinski definition) is 3. The topological polar surface area (TPSA) is 105 Å². The van der Waals surface area contributed by atoms with Gasteiger partial charge in [-0.15, -0.1) is 0 Å². The van der Waals surface area contributed by atoms with Crippen molar-refractivity contribution in [1.82, 2.24) is 0 Å². The first-order chi connectivity index (χ1) is 13.3. The van der Waals surface area contributed by atoms with E-state index in [9.17, 15) is 23.9 Å². The van der Waals surface area contributed by atoms with Crippen molar-refractivity contribution < 1.29 is 28.6 Å². The fraction of sp³-hybridized carbons (Fsp3) is 0.250. The van der Waals surface area contributed by atoms with Crippen LogP contribution in [0.5, 0.6) is 5.75 Å². The summed E-state index contributed by atoms with van der Waals surface area (Å²) in [6.07, 6.45) is 1.60. The van der Waals surface area contributed by atoms with Gasteiger partial charge in [-0.2, -0.15) is 0 Å². The van der Waals surface area contributed by atoms with Crippen molar-refractivity contribution in [3.05, 3.63) is 53.3 Å². The van der Waals surface area contributed by atoms with Crippen LogP contribution in [-0.4, -0.2) is 29.5 Å². The van der Waals surface area contributed by atoms with Gasteiger partial charge in [0.1, 0.15) is 17.1 Å². The Balaban J connectivity index is 2.40. The van der Waals surface area contributed by atoms with Gasteiger partial charge in [0.2, 0.25) is 5.91 Å². The van der Waals surface area contributed by atoms with Gasteiger partial charge in [0.15, 0.2) is 0 Å². The van der Waals surface area contributed by atoms with Crippen LogP contribution in [0.15, 0.2) is 36.4 Å². The van der Waals surface area contributed by atoms with Crippen molar-refractivity contribution in [1.29, 1.82) is 0 Å². The first-order valence-corrected chi connectivity index (χ1v) is 8.70. The third-order valence-corrected chi connectivity index (χ3v) is 3.77. The smallest absolute Gasteiger partial charge is 0.339 e. The summed E-state index contributed by atoms with van der Waals surface area (Å²) < 4.78 is 18.6. The van der Waals surface area contributed by atoms with Crippen LogP contribution in [0.2, 0.25) is 0 Å². The predicted octanol–water partition coefficient (Wildman–Crippen LogP) is 3.91. The van der Waals surface area contributed by atoms with Crippen molar-refractivity contribution in [3.8, 4) is 5.75 Å². The van der Waals surface area contributed by atoms with E-state index in [1.165, 1.54) is 31.2 Å². The number of amides is 2. The number of hydrogen-bond acceptors (Lipinski definition) is 4. The number of carbonyl (C=O) groups is 3. The fourth-order valence-corrected chi connectivity index (χ4v) is 2.39. The molecule has 3 N–H and O–H groups in total. The van der Waals surface area contributed by atoms with Gasteiger partial charge in [0.05, 0.1) is 18.0 Å². The van der Waals surface area contributed by atoms with E-state index < -0.39 is 23.6 Å². The first-order valence-electron chi connectivity index (χ1n) is 8.70. The van der Waals surface area contributed by atoms with Crippen molar-refractivity contribution in [2.24, 2.45) is 0 Å². The molecule has 0 atom stereocenters. The van der Waals surface area contributed by atoms with E-state index in [0.29, 0.717) is 6.61 Å². The molecule has 0 bridgehead atoms. The maximum Gasteiger partial charge on any atom is 0.339 e. The number of unbranched alkanes of at least 4 members (excludes halogenated alkanes) is 1. The molecule has 2 aromatic rings. The first kappa shape index (κ1) is 20.9. The van der Waals surface area contributed by atoms with Crippen LogP contribution in [0.3, 0.4) is 0 Å². The number of carboxylic acid groups (broad SMARTS) is 1. The Labute approximate surface area is 161 Å². The molecular weight excluding hydrogens is 367 g/mol. The van der Waals surface area contributed by atoms with E-state index in [0.717, 1.165) is 25.0 Å². The van der Waals surface area contributed by atoms with Crippen LogP contribution in [0.1, 0.15) is 47.4 Å². The highest BCUT2D eigenvalue weighted by Crippen LogP contribution is 2.32. The SMILES string of the molecule is CCCCOc1cc(NC(C)=O)c(NC(=O)c2ccc(F)cc2)cc1C(=O)O. The minimum atomic E-state index is -1.24. The zero-order chi connectivity index (χ0) is 20.7. The lowest BCUT2D eigenvalue weighted by Gasteiger charge is -2.16. The lowest BCUT2D eigenvalue weighted by Crippen LogP contribution is -2.16. The van der Waals surface area contributed by atoms with Crippen LogP contribution < -0.4 is 15.4 Å². The molecule has 8 heteroatoms. The van der Waals surface area contributed by atoms with Crippen LogP contribution in [0.25, 0.3) is 0 Å². The second-order valence-corrected chi connectivity index (χ2v) is 6.04. The predicted molar refractivity (Wildman–Crippen MR) is 102 cm³/mol. The molecule has 0 saturated heterocycles. The molecule has 0 aliphatic heterocycles. The van der Waals surface area contributed by atoms with Crippen LogP contribution >= 0.6 is 0 Å². The van der Waals surface area contributed by atoms with Crippen molar-refractivity contribution in [2.45, 2.75) is 26.7 Å². The molecule has 0 radical (unpaired) electrons. The van der Waals surface area contributed by atoms with Gasteiger partial charge < -0.3 is 20.5 Å². The van der Waals surface area contributed by atoms with Gasteiger partial charge >= 0.3 is 5.97 Å². The average Bonchev–Trinajstić information content (AvgIpc) is 2.63. The Hall–Kier alpha value is -3.42. The Morgan fingerprint density at radius 3 is 2.29 bits per heavy atom. The molecule has 0 aliphatic carbocycles. The summed E-state index contributed by atoms with van der Waals surface area (Å²) in [5, 5.41) is 14.6. The van der Waals surface area contributed by atoms with Crippen molar-refractivity contribution >= 4 is 29.2 Å². The molecule has 0 fully saturated rings. The number of ether oxygens (including phenoxy) is 1. The molecule has 0 saturated carbocycles. The highest BCUT2D eigenvalue weighted by molar-refractivity contribution is 6.08. The molecule has 0 unspecified atom stereocenters. The summed E-state index contributed by atoms with van der Waals surface area (Å²) in [6, 6.07) is 7.44. The molecule has 2 amide bonds. The van der Waals surface area contributed by atoms with E-state index in [1.54, 1.807) is 0 Å². The molecule has 2 rings (SSSR count). The fourth-order valence-electron chi connectivity index (χ4n) is 2.39. The molecule has 2 aromatic carbocycles. The summed E-state index contributed by atoms with van der Waals surface area (Å²) >= 11 is 0. The molecule has 0 spiro atoms. The second-order valence-electron chi connectivity index (χ2n) is 6.04. The van der Waals surface area contributed by atoms with Crippen LogP contribution in [0.4, 0.5) is 15.8 Å². The maximum absolute atomic E-state index is 13.0. The summed E-state index contributed by atoms with van der Waals surface area (Å²) in [4.78, 5) is 35.6. The van der Waals surface area contributed by atoms with Gasteiger partial charge in [-0.1, -0.05) is 13.3 Å². The Morgan fingerprint density at radius 1 is 1.07 bits per heavy atom. The van der Waals surface area contributed by atoms with E-state index in [-0.39, 0.29) is 28.3 Å². The van der Waals surface area contributed by atoms with Gasteiger partial charge in [-0.25, -0.2) is 9.18 Å². The summed E-state index contributed by atoms with van der Waals surface area (Å²) in [7, 11) is 0. The monoisotopic (exact) mass is 388 g/mol. The molecule has 7 nitrogen and oxygen atoms in total. The number of carbonyl (C=O) groups excluding carboxylic acids is 2. The number of anilines is 2. The molecule has 148 valence electrons. The highest BCUT2D eigenvalue weighted by atomic mass is 19.1. The van der Waals surface area contributed by atoms with Gasteiger partial charge in [-0.3, -0.25) is 9.59 Å². The minimum absolute atomic E-state index is 0.0875. The number of aromatic carboxylic acids is 1. The average molecular weight is 388 g/mol. The molecular formula is C20H21FN2O5. The molecule has 0 aliphatic rings. The summed E-state index contributed by atoms with van der Waals surface area (Å²) in [5.41, 5.74) is 0.305. The van der Waals surface area contributed by atoms with Gasteiger partial charge in [0, 0.05) is 18.6 Å². The standard InChI is InChI=1S/C20H21FN2O5/c1-3-4-9-28-18-11-17(22-12(2)24)16(10-15(18)20(26)27)23-19(25)13-5-7-14(21)8-6-13/h5-8,10-11H,3-4,9H2,1-2H3,(H,22,24)(H,23,25)(H,26,27). The van der Waals surface area contributed by atoms with Crippen LogP contribution in [0, 0.1) is 5.82 Å². The number of carboxylic acids is 1. The van der Waals surface area contributed by atoms with Crippen LogP contribution in [-0.2, 0) is 4.79 Å². The molecule has 0 aromatic heterocycles. The zero-order valence-electron chi connectivity index (χ0n) is 15.5. The Kier molecular flexibility index (Phi) is 7.08. The van der Waals surface area contributed by atoms with E-state index in [2.05, 4.69) is 10.6 Å². The van der Waals surface area contributed by atoms with E-state index in [4.69, 9.17) is 4.74 Å². The van der Waals surface area contributed by atoms with Crippen molar-refractivity contribution in [2.75, 3.05) is 17.2 Å². The number of halogens is 1. The van der Waals surface area contributed by atoms with E-state index in [1.807, 2.05) is 6.92 Å². The number of rotatable bonds is 8. The summed E-state index contributed by atoms with van der Waals surface area (Å²) in [6.45, 7) is 3.57. The quantitative estimate of drug-likeness (QED) is 0.595. The largest absolute Gasteiger partial charge is 0.493 e. The third-order valence-electron chi connectivity index (χ3n) is 3.77. The zero-order valence-corrected chi connectivity index (χ0v) is 15.5. The second kappa shape index (κ2) is 9.50. The Bertz CT molecular complexity index is 881.